The Morgan fingerprint density at radius 1 is 1.21 bits per heavy atom. The van der Waals surface area contributed by atoms with Crippen molar-refractivity contribution in [2.75, 3.05) is 5.32 Å². The van der Waals surface area contributed by atoms with Crippen LogP contribution in [0.3, 0.4) is 0 Å². The molecule has 0 bridgehead atoms. The van der Waals surface area contributed by atoms with E-state index in [0.29, 0.717) is 33.5 Å². The van der Waals surface area contributed by atoms with Gasteiger partial charge in [0.05, 0.1) is 12.0 Å². The van der Waals surface area contributed by atoms with E-state index in [1.807, 2.05) is 0 Å². The van der Waals surface area contributed by atoms with Crippen LogP contribution >= 0.6 is 11.8 Å². The number of hydrogen-bond donors (Lipinski definition) is 1. The van der Waals surface area contributed by atoms with Crippen LogP contribution in [0.4, 0.5) is 14.5 Å². The maximum absolute atomic E-state index is 12.4. The lowest BCUT2D eigenvalue weighted by Gasteiger charge is -2.11. The molecular formula is C17H13F2NO3S. The largest absolute Gasteiger partial charge is 0.453 e. The maximum Gasteiger partial charge on any atom is 0.339 e. The van der Waals surface area contributed by atoms with Crippen LogP contribution in [0.1, 0.15) is 28.4 Å². The summed E-state index contributed by atoms with van der Waals surface area (Å²) in [4.78, 5) is 24.3. The molecular weight excluding hydrogens is 336 g/mol. The third-order valence-electron chi connectivity index (χ3n) is 3.49. The van der Waals surface area contributed by atoms with E-state index >= 15 is 0 Å². The molecule has 7 heteroatoms. The molecule has 0 aliphatic carbocycles. The fourth-order valence-corrected chi connectivity index (χ4v) is 3.06. The van der Waals surface area contributed by atoms with Crippen LogP contribution in [-0.4, -0.2) is 17.6 Å². The molecule has 0 fully saturated rings. The predicted octanol–water partition coefficient (Wildman–Crippen LogP) is 4.24. The molecule has 2 aromatic carbocycles. The minimum atomic E-state index is -2.52. The topological polar surface area (TPSA) is 55.4 Å². The van der Waals surface area contributed by atoms with Gasteiger partial charge in [-0.15, -0.1) is 0 Å². The fraction of sp³-hybridized carbons (Fsp3) is 0.176. The molecule has 1 amide bonds. The van der Waals surface area contributed by atoms with Crippen molar-refractivity contribution in [3.05, 3.63) is 59.7 Å². The predicted molar refractivity (Wildman–Crippen MR) is 86.1 cm³/mol. The van der Waals surface area contributed by atoms with E-state index in [0.717, 1.165) is 0 Å². The highest BCUT2D eigenvalue weighted by Gasteiger charge is 2.32. The molecule has 1 unspecified atom stereocenters. The zero-order valence-electron chi connectivity index (χ0n) is 12.4. The van der Waals surface area contributed by atoms with Crippen molar-refractivity contribution in [2.24, 2.45) is 0 Å². The zero-order valence-corrected chi connectivity index (χ0v) is 13.2. The van der Waals surface area contributed by atoms with Crippen LogP contribution in [0.15, 0.2) is 53.4 Å². The Kier molecular flexibility index (Phi) is 4.80. The summed E-state index contributed by atoms with van der Waals surface area (Å²) in [5.74, 6) is -3.33. The van der Waals surface area contributed by atoms with Crippen molar-refractivity contribution in [2.45, 2.75) is 23.2 Å². The van der Waals surface area contributed by atoms with Gasteiger partial charge >= 0.3 is 5.97 Å². The zero-order chi connectivity index (χ0) is 17.1. The number of fused-ring (bicyclic) bond motifs is 1. The summed E-state index contributed by atoms with van der Waals surface area (Å²) in [5, 5.41) is 2.64. The van der Waals surface area contributed by atoms with Crippen LogP contribution < -0.4 is 5.32 Å². The second kappa shape index (κ2) is 7.00. The summed E-state index contributed by atoms with van der Waals surface area (Å²) in [6.45, 7) is 0. The molecule has 0 saturated heterocycles. The van der Waals surface area contributed by atoms with Gasteiger partial charge in [-0.1, -0.05) is 36.0 Å². The maximum atomic E-state index is 12.4. The van der Waals surface area contributed by atoms with Gasteiger partial charge in [-0.05, 0) is 24.3 Å². The highest BCUT2D eigenvalue weighted by molar-refractivity contribution is 7.99. The van der Waals surface area contributed by atoms with Crippen LogP contribution in [0.5, 0.6) is 0 Å². The first kappa shape index (κ1) is 16.4. The van der Waals surface area contributed by atoms with Crippen molar-refractivity contribution in [3.8, 4) is 0 Å². The monoisotopic (exact) mass is 349 g/mol. The number of rotatable bonds is 5. The number of anilines is 1. The molecule has 24 heavy (non-hydrogen) atoms. The molecule has 0 aromatic heterocycles. The molecule has 1 N–H and O–H groups in total. The van der Waals surface area contributed by atoms with Gasteiger partial charge in [0.1, 0.15) is 6.10 Å². The quantitative estimate of drug-likeness (QED) is 0.648. The number of alkyl halides is 2. The van der Waals surface area contributed by atoms with Crippen LogP contribution in [0.25, 0.3) is 0 Å². The van der Waals surface area contributed by atoms with E-state index in [1.54, 1.807) is 42.5 Å². The lowest BCUT2D eigenvalue weighted by Crippen LogP contribution is -2.15. The summed E-state index contributed by atoms with van der Waals surface area (Å²) in [6, 6.07) is 13.1. The van der Waals surface area contributed by atoms with E-state index in [4.69, 9.17) is 4.74 Å². The molecule has 0 saturated carbocycles. The molecule has 0 spiro atoms. The van der Waals surface area contributed by atoms with Crippen molar-refractivity contribution in [3.63, 3.8) is 0 Å². The number of cyclic esters (lactones) is 1. The number of thioether (sulfide) groups is 1. The number of esters is 1. The van der Waals surface area contributed by atoms with Gasteiger partial charge in [-0.3, -0.25) is 4.79 Å². The number of carbonyl (C=O) groups excluding carboxylic acids is 2. The second-order valence-corrected chi connectivity index (χ2v) is 6.20. The summed E-state index contributed by atoms with van der Waals surface area (Å²) >= 11 is 0.410. The van der Waals surface area contributed by atoms with Gasteiger partial charge in [-0.25, -0.2) is 4.79 Å². The molecule has 2 aromatic rings. The Balaban J connectivity index is 1.66. The number of ether oxygens (including phenoxy) is 1. The normalized spacial score (nSPS) is 16.0. The van der Waals surface area contributed by atoms with Crippen LogP contribution in [0, 0.1) is 0 Å². The van der Waals surface area contributed by atoms with E-state index in [9.17, 15) is 18.4 Å². The number of hydrogen-bond acceptors (Lipinski definition) is 4. The molecule has 124 valence electrons. The summed E-state index contributed by atoms with van der Waals surface area (Å²) in [6.07, 6.45) is -0.665. The summed E-state index contributed by atoms with van der Waals surface area (Å²) < 4.78 is 30.0. The Morgan fingerprint density at radius 3 is 2.79 bits per heavy atom. The van der Waals surface area contributed by atoms with Gasteiger partial charge in [0.25, 0.3) is 5.76 Å². The molecule has 4 nitrogen and oxygen atoms in total. The average Bonchev–Trinajstić information content (AvgIpc) is 2.83. The lowest BCUT2D eigenvalue weighted by atomic mass is 10.0. The van der Waals surface area contributed by atoms with Gasteiger partial charge in [0.15, 0.2) is 0 Å². The van der Waals surface area contributed by atoms with E-state index in [-0.39, 0.29) is 12.3 Å². The minimum absolute atomic E-state index is 0.0328. The summed E-state index contributed by atoms with van der Waals surface area (Å²) in [7, 11) is 0. The van der Waals surface area contributed by atoms with Crippen LogP contribution in [0.2, 0.25) is 0 Å². The number of benzene rings is 2. The summed E-state index contributed by atoms with van der Waals surface area (Å²) in [5.41, 5.74) is 1.56. The molecule has 1 aliphatic heterocycles. The van der Waals surface area contributed by atoms with E-state index in [1.165, 1.54) is 6.07 Å². The van der Waals surface area contributed by atoms with Gasteiger partial charge < -0.3 is 10.1 Å². The van der Waals surface area contributed by atoms with Gasteiger partial charge in [0.2, 0.25) is 5.91 Å². The number of carbonyl (C=O) groups is 2. The minimum Gasteiger partial charge on any atom is -0.453 e. The van der Waals surface area contributed by atoms with Gasteiger partial charge in [0, 0.05) is 16.1 Å². The first-order valence-corrected chi connectivity index (χ1v) is 8.05. The first-order valence-electron chi connectivity index (χ1n) is 7.17. The number of halogens is 2. The van der Waals surface area contributed by atoms with Crippen LogP contribution in [-0.2, 0) is 9.53 Å². The van der Waals surface area contributed by atoms with Gasteiger partial charge in [-0.2, -0.15) is 8.78 Å². The Hall–Kier alpha value is -2.41. The van der Waals surface area contributed by atoms with E-state index in [2.05, 4.69) is 5.32 Å². The smallest absolute Gasteiger partial charge is 0.339 e. The first-order chi connectivity index (χ1) is 11.5. The Labute approximate surface area is 141 Å². The standard InChI is InChI=1S/C17H13F2NO3S/c18-17(19)24-11-5-3-4-10(8-11)20-15(21)9-14-12-6-1-2-7-13(12)16(22)23-14/h1-8,14,17H,9H2,(H,20,21). The molecule has 0 radical (unpaired) electrons. The lowest BCUT2D eigenvalue weighted by molar-refractivity contribution is -0.118. The fourth-order valence-electron chi connectivity index (χ4n) is 2.50. The average molecular weight is 349 g/mol. The number of nitrogens with one attached hydrogen (secondary N) is 1. The van der Waals surface area contributed by atoms with Crippen molar-refractivity contribution in [1.82, 2.24) is 0 Å². The Morgan fingerprint density at radius 2 is 2.00 bits per heavy atom. The molecule has 1 heterocycles. The number of amides is 1. The molecule has 1 atom stereocenters. The third-order valence-corrected chi connectivity index (χ3v) is 4.19. The third kappa shape index (κ3) is 3.73. The molecule has 1 aliphatic rings. The Bertz CT molecular complexity index is 782. The molecule has 3 rings (SSSR count). The van der Waals surface area contributed by atoms with Crippen molar-refractivity contribution in [1.29, 1.82) is 0 Å². The van der Waals surface area contributed by atoms with Crippen molar-refractivity contribution >= 4 is 29.3 Å². The second-order valence-electron chi connectivity index (χ2n) is 5.14. The highest BCUT2D eigenvalue weighted by Crippen LogP contribution is 2.33. The van der Waals surface area contributed by atoms with Crippen molar-refractivity contribution < 1.29 is 23.1 Å². The SMILES string of the molecule is O=C(CC1OC(=O)c2ccccc21)Nc1cccc(SC(F)F)c1. The highest BCUT2D eigenvalue weighted by atomic mass is 32.2. The van der Waals surface area contributed by atoms with E-state index < -0.39 is 17.8 Å².